The van der Waals surface area contributed by atoms with Gasteiger partial charge in [0.2, 0.25) is 5.91 Å². The lowest BCUT2D eigenvalue weighted by molar-refractivity contribution is -0.133. The van der Waals surface area contributed by atoms with Crippen LogP contribution in [0.1, 0.15) is 32.0 Å². The number of allylic oxidation sites excluding steroid dienone is 3. The van der Waals surface area contributed by atoms with E-state index in [1.807, 2.05) is 36.1 Å². The van der Waals surface area contributed by atoms with Gasteiger partial charge in [0.05, 0.1) is 11.9 Å². The van der Waals surface area contributed by atoms with Crippen molar-refractivity contribution in [1.29, 1.82) is 0 Å². The van der Waals surface area contributed by atoms with Crippen LogP contribution in [-0.2, 0) is 4.79 Å². The molecule has 1 aromatic carbocycles. The molecule has 2 saturated heterocycles. The number of benzene rings is 1. The standard InChI is InChI=1S/C29H34N6OS/c1-3-4-13-24(30-2)27-31-28(26-23(21-37-29(26)32-27)22-11-7-5-8-12-22)35-18-16-33(17-19-35)20-25(36)34-14-9-6-10-15-34/h3-5,7-8,11-13,21H,2,6,9-10,14-20H2,1H3/b4-3-,24-13-. The predicted octanol–water partition coefficient (Wildman–Crippen LogP) is 5.11. The SMILES string of the molecule is C=N/C(=C\C=C/C)c1nc(N2CCN(CC(=O)N3CCCCC3)CC2)c2c(-c3ccccc3)csc2n1. The monoisotopic (exact) mass is 514 g/mol. The lowest BCUT2D eigenvalue weighted by atomic mass is 10.1. The van der Waals surface area contributed by atoms with Crippen molar-refractivity contribution >= 4 is 45.7 Å². The average molecular weight is 515 g/mol. The van der Waals surface area contributed by atoms with E-state index in [0.717, 1.165) is 79.3 Å². The van der Waals surface area contributed by atoms with Crippen LogP contribution in [0.4, 0.5) is 5.82 Å². The molecular weight excluding hydrogens is 480 g/mol. The number of rotatable bonds is 7. The molecule has 0 radical (unpaired) electrons. The summed E-state index contributed by atoms with van der Waals surface area (Å²) < 4.78 is 0. The van der Waals surface area contributed by atoms with Crippen molar-refractivity contribution in [3.05, 3.63) is 59.8 Å². The molecule has 1 amide bonds. The van der Waals surface area contributed by atoms with E-state index in [-0.39, 0.29) is 5.91 Å². The lowest BCUT2D eigenvalue weighted by Gasteiger charge is -2.37. The van der Waals surface area contributed by atoms with Crippen molar-refractivity contribution in [1.82, 2.24) is 19.8 Å². The molecule has 7 nitrogen and oxygen atoms in total. The van der Waals surface area contributed by atoms with E-state index < -0.39 is 0 Å². The first-order valence-electron chi connectivity index (χ1n) is 13.1. The Hall–Kier alpha value is -3.36. The van der Waals surface area contributed by atoms with Gasteiger partial charge in [0.15, 0.2) is 5.82 Å². The molecule has 5 rings (SSSR count). The molecule has 0 aliphatic carbocycles. The molecule has 0 spiro atoms. The summed E-state index contributed by atoms with van der Waals surface area (Å²) >= 11 is 1.63. The third-order valence-corrected chi connectivity index (χ3v) is 7.96. The summed E-state index contributed by atoms with van der Waals surface area (Å²) in [6.45, 7) is 11.3. The number of amides is 1. The van der Waals surface area contributed by atoms with Crippen LogP contribution in [0.15, 0.2) is 58.9 Å². The average Bonchev–Trinajstić information content (AvgIpc) is 3.39. The highest BCUT2D eigenvalue weighted by Crippen LogP contribution is 2.39. The number of nitrogens with zero attached hydrogens (tertiary/aromatic N) is 6. The first-order valence-corrected chi connectivity index (χ1v) is 14.0. The van der Waals surface area contributed by atoms with Crippen molar-refractivity contribution in [3.63, 3.8) is 0 Å². The maximum atomic E-state index is 12.8. The van der Waals surface area contributed by atoms with Crippen LogP contribution in [0.2, 0.25) is 0 Å². The third-order valence-electron chi connectivity index (χ3n) is 7.08. The number of likely N-dealkylation sites (tertiary alicyclic amines) is 1. The first-order chi connectivity index (χ1) is 18.2. The number of aromatic nitrogens is 2. The zero-order chi connectivity index (χ0) is 25.6. The maximum Gasteiger partial charge on any atom is 0.236 e. The van der Waals surface area contributed by atoms with Gasteiger partial charge in [-0.05, 0) is 44.5 Å². The minimum Gasteiger partial charge on any atom is -0.353 e. The first kappa shape index (κ1) is 25.3. The van der Waals surface area contributed by atoms with Gasteiger partial charge in [0.1, 0.15) is 16.3 Å². The zero-order valence-electron chi connectivity index (χ0n) is 21.5. The van der Waals surface area contributed by atoms with E-state index in [2.05, 4.69) is 51.2 Å². The molecule has 3 aromatic rings. The van der Waals surface area contributed by atoms with Crippen molar-refractivity contribution in [2.24, 2.45) is 4.99 Å². The number of thiophene rings is 1. The molecule has 8 heteroatoms. The number of piperazine rings is 1. The van der Waals surface area contributed by atoms with Crippen LogP contribution in [0.5, 0.6) is 0 Å². The number of anilines is 1. The number of fused-ring (bicyclic) bond motifs is 1. The molecule has 0 atom stereocenters. The number of hydrogen-bond donors (Lipinski definition) is 0. The van der Waals surface area contributed by atoms with Crippen molar-refractivity contribution in [3.8, 4) is 11.1 Å². The van der Waals surface area contributed by atoms with Gasteiger partial charge in [-0.1, -0.05) is 42.5 Å². The summed E-state index contributed by atoms with van der Waals surface area (Å²) in [5, 5.41) is 3.25. The highest BCUT2D eigenvalue weighted by atomic mass is 32.1. The van der Waals surface area contributed by atoms with E-state index >= 15 is 0 Å². The number of hydrogen-bond acceptors (Lipinski definition) is 7. The summed E-state index contributed by atoms with van der Waals surface area (Å²) in [6, 6.07) is 10.4. The Morgan fingerprint density at radius 1 is 1.05 bits per heavy atom. The van der Waals surface area contributed by atoms with Crippen molar-refractivity contribution in [2.45, 2.75) is 26.2 Å². The van der Waals surface area contributed by atoms with Gasteiger partial charge in [-0.2, -0.15) is 0 Å². The Labute approximate surface area is 222 Å². The van der Waals surface area contributed by atoms with E-state index in [1.165, 1.54) is 6.42 Å². The van der Waals surface area contributed by atoms with E-state index in [1.54, 1.807) is 11.3 Å². The second kappa shape index (κ2) is 11.8. The molecule has 2 aliphatic rings. The van der Waals surface area contributed by atoms with Crippen molar-refractivity contribution in [2.75, 3.05) is 50.7 Å². The smallest absolute Gasteiger partial charge is 0.236 e. The zero-order valence-corrected chi connectivity index (χ0v) is 22.3. The van der Waals surface area contributed by atoms with Gasteiger partial charge in [0, 0.05) is 50.2 Å². The Morgan fingerprint density at radius 3 is 2.51 bits per heavy atom. The van der Waals surface area contributed by atoms with E-state index in [9.17, 15) is 4.79 Å². The predicted molar refractivity (Wildman–Crippen MR) is 154 cm³/mol. The summed E-state index contributed by atoms with van der Waals surface area (Å²) in [6.07, 6.45) is 9.26. The highest BCUT2D eigenvalue weighted by molar-refractivity contribution is 7.17. The molecule has 37 heavy (non-hydrogen) atoms. The van der Waals surface area contributed by atoms with E-state index in [4.69, 9.17) is 9.97 Å². The largest absolute Gasteiger partial charge is 0.353 e. The fraction of sp³-hybridized carbons (Fsp3) is 0.379. The lowest BCUT2D eigenvalue weighted by Crippen LogP contribution is -2.51. The Balaban J connectivity index is 1.44. The van der Waals surface area contributed by atoms with Gasteiger partial charge in [-0.15, -0.1) is 11.3 Å². The summed E-state index contributed by atoms with van der Waals surface area (Å²) in [7, 11) is 0. The molecule has 0 saturated carbocycles. The van der Waals surface area contributed by atoms with Gasteiger partial charge in [0.25, 0.3) is 0 Å². The summed E-state index contributed by atoms with van der Waals surface area (Å²) in [5.74, 6) is 1.77. The number of carbonyl (C=O) groups is 1. The van der Waals surface area contributed by atoms with Crippen LogP contribution < -0.4 is 4.90 Å². The highest BCUT2D eigenvalue weighted by Gasteiger charge is 2.26. The van der Waals surface area contributed by atoms with Crippen LogP contribution >= 0.6 is 11.3 Å². The quantitative estimate of drug-likeness (QED) is 0.324. The van der Waals surface area contributed by atoms with Gasteiger partial charge < -0.3 is 9.80 Å². The van der Waals surface area contributed by atoms with Crippen LogP contribution in [0.3, 0.4) is 0 Å². The molecule has 2 aliphatic heterocycles. The molecule has 4 heterocycles. The second-order valence-corrected chi connectivity index (χ2v) is 10.4. The maximum absolute atomic E-state index is 12.8. The minimum absolute atomic E-state index is 0.264. The number of piperidine rings is 1. The molecule has 192 valence electrons. The normalized spacial score (nSPS) is 17.6. The molecule has 0 bridgehead atoms. The van der Waals surface area contributed by atoms with Crippen LogP contribution in [0.25, 0.3) is 27.0 Å². The van der Waals surface area contributed by atoms with Gasteiger partial charge >= 0.3 is 0 Å². The van der Waals surface area contributed by atoms with Gasteiger partial charge in [-0.25, -0.2) is 9.97 Å². The molecule has 2 fully saturated rings. The number of aliphatic imine (C=N–C) groups is 1. The van der Waals surface area contributed by atoms with Gasteiger partial charge in [-0.3, -0.25) is 14.7 Å². The van der Waals surface area contributed by atoms with Crippen LogP contribution in [0, 0.1) is 0 Å². The fourth-order valence-electron chi connectivity index (χ4n) is 5.03. The fourth-order valence-corrected chi connectivity index (χ4v) is 5.98. The molecule has 0 unspecified atom stereocenters. The number of carbonyl (C=O) groups excluding carboxylic acids is 1. The Bertz CT molecular complexity index is 1300. The summed E-state index contributed by atoms with van der Waals surface area (Å²) in [4.78, 5) is 34.6. The van der Waals surface area contributed by atoms with E-state index in [0.29, 0.717) is 18.1 Å². The Kier molecular flexibility index (Phi) is 8.06. The molecular formula is C29H34N6OS. The Morgan fingerprint density at radius 2 is 1.81 bits per heavy atom. The topological polar surface area (TPSA) is 64.9 Å². The molecule has 2 aromatic heterocycles. The van der Waals surface area contributed by atoms with Crippen molar-refractivity contribution < 1.29 is 4.79 Å². The third kappa shape index (κ3) is 5.65. The molecule has 0 N–H and O–H groups in total. The summed E-state index contributed by atoms with van der Waals surface area (Å²) in [5.41, 5.74) is 2.96. The van der Waals surface area contributed by atoms with Crippen LogP contribution in [-0.4, -0.2) is 78.2 Å². The minimum atomic E-state index is 0.264. The second-order valence-electron chi connectivity index (χ2n) is 9.51.